The molecule has 0 aromatic heterocycles. The van der Waals surface area contributed by atoms with Crippen molar-refractivity contribution in [3.63, 3.8) is 0 Å². The Morgan fingerprint density at radius 2 is 1.67 bits per heavy atom. The van der Waals surface area contributed by atoms with Crippen LogP contribution in [0.3, 0.4) is 0 Å². The highest BCUT2D eigenvalue weighted by Gasteiger charge is 2.16. The van der Waals surface area contributed by atoms with E-state index in [0.717, 1.165) is 16.9 Å². The third-order valence-electron chi connectivity index (χ3n) is 3.72. The van der Waals surface area contributed by atoms with Gasteiger partial charge in [-0.2, -0.15) is 0 Å². The summed E-state index contributed by atoms with van der Waals surface area (Å²) in [7, 11) is 1.68. The minimum atomic E-state index is -0.218. The lowest BCUT2D eigenvalue weighted by Gasteiger charge is -2.16. The number of rotatable bonds is 3. The number of aryl methyl sites for hydroxylation is 1. The molecule has 0 aliphatic carbocycles. The zero-order valence-electron chi connectivity index (χ0n) is 12.1. The lowest BCUT2D eigenvalue weighted by molar-refractivity contribution is 0.410. The number of alkyl halides is 1. The van der Waals surface area contributed by atoms with Gasteiger partial charge in [-0.15, -0.1) is 11.6 Å². The fraction of sp³-hybridized carbons (Fsp3) is 0.158. The quantitative estimate of drug-likeness (QED) is 0.581. The second kappa shape index (κ2) is 5.79. The van der Waals surface area contributed by atoms with Crippen LogP contribution in [0.25, 0.3) is 10.8 Å². The summed E-state index contributed by atoms with van der Waals surface area (Å²) < 4.78 is 5.45. The molecule has 0 N–H and O–H groups in total. The van der Waals surface area contributed by atoms with Crippen molar-refractivity contribution in [1.82, 2.24) is 0 Å². The molecular weight excluding hydrogens is 280 g/mol. The SMILES string of the molecule is COc1ccc(C)cc1C(Cl)c1ccc2ccccc2c1. The van der Waals surface area contributed by atoms with Crippen molar-refractivity contribution >= 4 is 22.4 Å². The van der Waals surface area contributed by atoms with Crippen molar-refractivity contribution in [2.45, 2.75) is 12.3 Å². The van der Waals surface area contributed by atoms with Gasteiger partial charge < -0.3 is 4.74 Å². The Morgan fingerprint density at radius 3 is 2.43 bits per heavy atom. The maximum Gasteiger partial charge on any atom is 0.123 e. The first-order valence-corrected chi connectivity index (χ1v) is 7.40. The van der Waals surface area contributed by atoms with E-state index in [-0.39, 0.29) is 5.38 Å². The van der Waals surface area contributed by atoms with Gasteiger partial charge in [0.05, 0.1) is 12.5 Å². The average molecular weight is 297 g/mol. The molecule has 0 radical (unpaired) electrons. The van der Waals surface area contributed by atoms with E-state index in [9.17, 15) is 0 Å². The standard InChI is InChI=1S/C19H17ClO/c1-13-7-10-18(21-2)17(11-13)19(20)16-9-8-14-5-3-4-6-15(14)12-16/h3-12,19H,1-2H3. The van der Waals surface area contributed by atoms with Gasteiger partial charge in [-0.05, 0) is 35.4 Å². The second-order valence-electron chi connectivity index (χ2n) is 5.21. The van der Waals surface area contributed by atoms with Crippen LogP contribution in [-0.2, 0) is 0 Å². The Morgan fingerprint density at radius 1 is 0.905 bits per heavy atom. The van der Waals surface area contributed by atoms with Crippen LogP contribution in [-0.4, -0.2) is 7.11 Å². The van der Waals surface area contributed by atoms with E-state index < -0.39 is 0 Å². The topological polar surface area (TPSA) is 9.23 Å². The summed E-state index contributed by atoms with van der Waals surface area (Å²) in [6.45, 7) is 2.06. The molecule has 0 aliphatic heterocycles. The molecule has 0 saturated carbocycles. The third-order valence-corrected chi connectivity index (χ3v) is 4.21. The molecule has 106 valence electrons. The first kappa shape index (κ1) is 14.0. The molecule has 3 aromatic rings. The first-order chi connectivity index (χ1) is 10.2. The van der Waals surface area contributed by atoms with Crippen molar-refractivity contribution in [2.75, 3.05) is 7.11 Å². The maximum absolute atomic E-state index is 6.71. The molecule has 0 aliphatic rings. The van der Waals surface area contributed by atoms with Crippen LogP contribution in [0.2, 0.25) is 0 Å². The van der Waals surface area contributed by atoms with Crippen molar-refractivity contribution in [3.05, 3.63) is 77.4 Å². The molecular formula is C19H17ClO. The van der Waals surface area contributed by atoms with Gasteiger partial charge in [-0.1, -0.05) is 54.1 Å². The van der Waals surface area contributed by atoms with Crippen LogP contribution in [0.1, 0.15) is 22.1 Å². The highest BCUT2D eigenvalue weighted by atomic mass is 35.5. The van der Waals surface area contributed by atoms with Crippen LogP contribution in [0.5, 0.6) is 5.75 Å². The largest absolute Gasteiger partial charge is 0.496 e. The van der Waals surface area contributed by atoms with E-state index in [1.54, 1.807) is 7.11 Å². The Hall–Kier alpha value is -1.99. The predicted molar refractivity (Wildman–Crippen MR) is 89.4 cm³/mol. The van der Waals surface area contributed by atoms with Crippen LogP contribution < -0.4 is 4.74 Å². The molecule has 1 unspecified atom stereocenters. The average Bonchev–Trinajstić information content (AvgIpc) is 2.53. The highest BCUT2D eigenvalue weighted by Crippen LogP contribution is 2.36. The molecule has 1 nitrogen and oxygen atoms in total. The number of hydrogen-bond acceptors (Lipinski definition) is 1. The molecule has 3 rings (SSSR count). The lowest BCUT2D eigenvalue weighted by Crippen LogP contribution is -1.98. The van der Waals surface area contributed by atoms with E-state index >= 15 is 0 Å². The number of benzene rings is 3. The first-order valence-electron chi connectivity index (χ1n) is 6.96. The molecule has 2 heteroatoms. The fourth-order valence-electron chi connectivity index (χ4n) is 2.60. The molecule has 1 atom stereocenters. The summed E-state index contributed by atoms with van der Waals surface area (Å²) in [6, 6.07) is 20.7. The maximum atomic E-state index is 6.71. The molecule has 0 saturated heterocycles. The molecule has 0 bridgehead atoms. The minimum Gasteiger partial charge on any atom is -0.496 e. The third kappa shape index (κ3) is 2.74. The van der Waals surface area contributed by atoms with E-state index in [1.165, 1.54) is 16.3 Å². The van der Waals surface area contributed by atoms with Crippen LogP contribution in [0.15, 0.2) is 60.7 Å². The zero-order valence-corrected chi connectivity index (χ0v) is 12.9. The van der Waals surface area contributed by atoms with Gasteiger partial charge in [0.15, 0.2) is 0 Å². The van der Waals surface area contributed by atoms with Crippen molar-refractivity contribution in [1.29, 1.82) is 0 Å². The molecule has 0 spiro atoms. The Labute approximate surface area is 130 Å². The molecule has 3 aromatic carbocycles. The highest BCUT2D eigenvalue weighted by molar-refractivity contribution is 6.23. The summed E-state index contributed by atoms with van der Waals surface area (Å²) in [5, 5.41) is 2.21. The van der Waals surface area contributed by atoms with Crippen LogP contribution in [0.4, 0.5) is 0 Å². The van der Waals surface area contributed by atoms with Gasteiger partial charge in [-0.3, -0.25) is 0 Å². The molecule has 0 fully saturated rings. The Kier molecular flexibility index (Phi) is 3.85. The fourth-order valence-corrected chi connectivity index (χ4v) is 2.90. The number of halogens is 1. The number of hydrogen-bond donors (Lipinski definition) is 0. The Bertz CT molecular complexity index is 779. The van der Waals surface area contributed by atoms with Crippen molar-refractivity contribution < 1.29 is 4.74 Å². The molecule has 0 amide bonds. The van der Waals surface area contributed by atoms with Crippen molar-refractivity contribution in [3.8, 4) is 5.75 Å². The molecule has 0 heterocycles. The number of methoxy groups -OCH3 is 1. The normalized spacial score (nSPS) is 12.3. The van der Waals surface area contributed by atoms with E-state index in [2.05, 4.69) is 43.3 Å². The summed E-state index contributed by atoms with van der Waals surface area (Å²) in [6.07, 6.45) is 0. The van der Waals surface area contributed by atoms with Gasteiger partial charge in [0.25, 0.3) is 0 Å². The van der Waals surface area contributed by atoms with Crippen LogP contribution >= 0.6 is 11.6 Å². The zero-order chi connectivity index (χ0) is 14.8. The molecule has 21 heavy (non-hydrogen) atoms. The number of fused-ring (bicyclic) bond motifs is 1. The van der Waals surface area contributed by atoms with Crippen molar-refractivity contribution in [2.24, 2.45) is 0 Å². The lowest BCUT2D eigenvalue weighted by atomic mass is 9.99. The van der Waals surface area contributed by atoms with Crippen LogP contribution in [0, 0.1) is 6.92 Å². The van der Waals surface area contributed by atoms with E-state index in [1.807, 2.05) is 24.3 Å². The van der Waals surface area contributed by atoms with Gasteiger partial charge in [0, 0.05) is 5.56 Å². The smallest absolute Gasteiger partial charge is 0.123 e. The van der Waals surface area contributed by atoms with Gasteiger partial charge in [0.2, 0.25) is 0 Å². The van der Waals surface area contributed by atoms with Gasteiger partial charge >= 0.3 is 0 Å². The summed E-state index contributed by atoms with van der Waals surface area (Å²) in [5.74, 6) is 0.828. The summed E-state index contributed by atoms with van der Waals surface area (Å²) in [5.41, 5.74) is 3.27. The minimum absolute atomic E-state index is 0.218. The van der Waals surface area contributed by atoms with E-state index in [0.29, 0.717) is 0 Å². The summed E-state index contributed by atoms with van der Waals surface area (Å²) in [4.78, 5) is 0. The van der Waals surface area contributed by atoms with E-state index in [4.69, 9.17) is 16.3 Å². The monoisotopic (exact) mass is 296 g/mol. The van der Waals surface area contributed by atoms with Gasteiger partial charge in [-0.25, -0.2) is 0 Å². The number of ether oxygens (including phenoxy) is 1. The summed E-state index contributed by atoms with van der Waals surface area (Å²) >= 11 is 6.71. The predicted octanol–water partition coefficient (Wildman–Crippen LogP) is 5.49. The van der Waals surface area contributed by atoms with Gasteiger partial charge in [0.1, 0.15) is 5.75 Å². The Balaban J connectivity index is 2.07. The second-order valence-corrected chi connectivity index (χ2v) is 5.65.